The largest absolute Gasteiger partial charge is 0.292 e. The van der Waals surface area contributed by atoms with E-state index >= 15 is 0 Å². The summed E-state index contributed by atoms with van der Waals surface area (Å²) in [6, 6.07) is 33.9. The summed E-state index contributed by atoms with van der Waals surface area (Å²) in [7, 11) is 0. The van der Waals surface area contributed by atoms with Crippen LogP contribution in [0.4, 0.5) is 5.69 Å². The van der Waals surface area contributed by atoms with Crippen molar-refractivity contribution in [2.75, 3.05) is 5.01 Å². The standard InChI is InChI=1S/C31H25ClN2OS2/c1-20-11-15-23(16-12-20)30(24-17-13-21(2)14-18-24)27-9-4-5-10-28(27)31(37-30)34(33-29(36-31)22(3)35)26-8-6-7-25(32)19-26/h4-19H,1-3H3. The van der Waals surface area contributed by atoms with E-state index in [0.717, 1.165) is 11.3 Å². The van der Waals surface area contributed by atoms with E-state index in [2.05, 4.69) is 86.6 Å². The van der Waals surface area contributed by atoms with Crippen LogP contribution in [0.5, 0.6) is 0 Å². The summed E-state index contributed by atoms with van der Waals surface area (Å²) in [6.45, 7) is 5.81. The molecular formula is C31H25ClN2OS2. The number of carbonyl (C=O) groups is 1. The van der Waals surface area contributed by atoms with Gasteiger partial charge >= 0.3 is 0 Å². The first-order valence-electron chi connectivity index (χ1n) is 12.1. The van der Waals surface area contributed by atoms with E-state index in [-0.39, 0.29) is 5.78 Å². The molecule has 2 aliphatic rings. The van der Waals surface area contributed by atoms with E-state index in [1.165, 1.54) is 39.6 Å². The number of anilines is 1. The molecule has 0 fully saturated rings. The van der Waals surface area contributed by atoms with Crippen LogP contribution < -0.4 is 5.01 Å². The van der Waals surface area contributed by atoms with Crippen LogP contribution in [-0.4, -0.2) is 10.8 Å². The molecule has 0 bridgehead atoms. The first-order chi connectivity index (χ1) is 17.8. The summed E-state index contributed by atoms with van der Waals surface area (Å²) in [5, 5.41) is 8.01. The van der Waals surface area contributed by atoms with Gasteiger partial charge < -0.3 is 0 Å². The molecule has 1 spiro atoms. The van der Waals surface area contributed by atoms with Crippen LogP contribution in [0.1, 0.15) is 40.3 Å². The number of hydrogen-bond acceptors (Lipinski definition) is 5. The maximum atomic E-state index is 12.7. The number of benzene rings is 4. The van der Waals surface area contributed by atoms with Gasteiger partial charge in [0, 0.05) is 17.5 Å². The van der Waals surface area contributed by atoms with Crippen LogP contribution in [-0.2, 0) is 13.7 Å². The average molecular weight is 541 g/mol. The molecule has 0 amide bonds. The van der Waals surface area contributed by atoms with Gasteiger partial charge in [0.05, 0.1) is 10.4 Å². The van der Waals surface area contributed by atoms with E-state index in [1.807, 2.05) is 41.0 Å². The Morgan fingerprint density at radius 2 is 1.41 bits per heavy atom. The molecule has 1 unspecified atom stereocenters. The number of fused-ring (bicyclic) bond motifs is 2. The SMILES string of the molecule is CC(=O)C1=NN(c2cccc(Cl)c2)C2(S1)SC(c1ccc(C)cc1)(c1ccc(C)cc1)c1ccccc12. The van der Waals surface area contributed by atoms with Crippen LogP contribution in [0.15, 0.2) is 102 Å². The van der Waals surface area contributed by atoms with Crippen molar-refractivity contribution in [1.82, 2.24) is 0 Å². The lowest BCUT2D eigenvalue weighted by molar-refractivity contribution is -0.110. The first kappa shape index (κ1) is 24.4. The van der Waals surface area contributed by atoms with Crippen molar-refractivity contribution < 1.29 is 4.79 Å². The minimum absolute atomic E-state index is 0.0462. The first-order valence-corrected chi connectivity index (χ1v) is 14.1. The van der Waals surface area contributed by atoms with Crippen molar-refractivity contribution in [2.24, 2.45) is 5.10 Å². The number of Topliss-reactive ketones (excluding diaryl/α,β-unsaturated/α-hetero) is 1. The quantitative estimate of drug-likeness (QED) is 0.261. The number of thioether (sulfide) groups is 2. The predicted molar refractivity (Wildman–Crippen MR) is 158 cm³/mol. The van der Waals surface area contributed by atoms with Crippen LogP contribution >= 0.6 is 35.1 Å². The molecule has 6 heteroatoms. The number of ketones is 1. The van der Waals surface area contributed by atoms with E-state index in [4.69, 9.17) is 16.7 Å². The fourth-order valence-corrected chi connectivity index (χ4v) is 8.86. The second-order valence-corrected chi connectivity index (χ2v) is 12.8. The van der Waals surface area contributed by atoms with Gasteiger partial charge in [-0.25, -0.2) is 5.01 Å². The molecule has 1 atom stereocenters. The molecule has 2 heterocycles. The number of hydrazone groups is 1. The second kappa shape index (κ2) is 9.09. The van der Waals surface area contributed by atoms with Crippen molar-refractivity contribution in [3.8, 4) is 0 Å². The Hall–Kier alpha value is -2.99. The highest BCUT2D eigenvalue weighted by Crippen LogP contribution is 2.70. The number of halogens is 1. The molecule has 37 heavy (non-hydrogen) atoms. The van der Waals surface area contributed by atoms with Gasteiger partial charge in [0.1, 0.15) is 0 Å². The summed E-state index contributed by atoms with van der Waals surface area (Å²) in [4.78, 5) is 12.7. The van der Waals surface area contributed by atoms with Gasteiger partial charge in [-0.1, -0.05) is 125 Å². The smallest absolute Gasteiger partial charge is 0.187 e. The van der Waals surface area contributed by atoms with Gasteiger partial charge in [-0.3, -0.25) is 4.79 Å². The maximum absolute atomic E-state index is 12.7. The molecule has 0 saturated carbocycles. The summed E-state index contributed by atoms with van der Waals surface area (Å²) in [5.41, 5.74) is 8.00. The molecular weight excluding hydrogens is 516 g/mol. The number of rotatable bonds is 4. The lowest BCUT2D eigenvalue weighted by atomic mass is 9.81. The molecule has 0 aliphatic carbocycles. The van der Waals surface area contributed by atoms with Crippen LogP contribution in [0, 0.1) is 13.8 Å². The Morgan fingerprint density at radius 3 is 1.97 bits per heavy atom. The summed E-state index contributed by atoms with van der Waals surface area (Å²) in [5.74, 6) is -0.0462. The Balaban J connectivity index is 1.65. The van der Waals surface area contributed by atoms with E-state index in [9.17, 15) is 4.79 Å². The van der Waals surface area contributed by atoms with Gasteiger partial charge in [0.15, 0.2) is 15.0 Å². The van der Waals surface area contributed by atoms with Crippen molar-refractivity contribution in [3.63, 3.8) is 0 Å². The van der Waals surface area contributed by atoms with Gasteiger partial charge in [-0.15, -0.1) is 0 Å². The molecule has 184 valence electrons. The molecule has 0 N–H and O–H groups in total. The lowest BCUT2D eigenvalue weighted by Crippen LogP contribution is -2.34. The summed E-state index contributed by atoms with van der Waals surface area (Å²) in [6.07, 6.45) is 0. The normalized spacial score (nSPS) is 19.7. The summed E-state index contributed by atoms with van der Waals surface area (Å²) < 4.78 is -1.21. The zero-order chi connectivity index (χ0) is 25.8. The number of nitrogens with zero attached hydrogens (tertiary/aromatic N) is 2. The van der Waals surface area contributed by atoms with E-state index in [1.54, 1.807) is 6.92 Å². The monoisotopic (exact) mass is 540 g/mol. The van der Waals surface area contributed by atoms with E-state index < -0.39 is 8.95 Å². The van der Waals surface area contributed by atoms with Crippen LogP contribution in [0.3, 0.4) is 0 Å². The predicted octanol–water partition coefficient (Wildman–Crippen LogP) is 8.26. The number of aryl methyl sites for hydroxylation is 2. The minimum atomic E-state index is -0.696. The molecule has 0 saturated heterocycles. The van der Waals surface area contributed by atoms with E-state index in [0.29, 0.717) is 10.1 Å². The van der Waals surface area contributed by atoms with Crippen molar-refractivity contribution in [1.29, 1.82) is 0 Å². The molecule has 6 rings (SSSR count). The highest BCUT2D eigenvalue weighted by Gasteiger charge is 2.61. The Bertz CT molecular complexity index is 1500. The van der Waals surface area contributed by atoms with Crippen molar-refractivity contribution in [3.05, 3.63) is 135 Å². The highest BCUT2D eigenvalue weighted by atomic mass is 35.5. The zero-order valence-corrected chi connectivity index (χ0v) is 23.1. The van der Waals surface area contributed by atoms with Crippen molar-refractivity contribution >= 4 is 51.6 Å². The Kier molecular flexibility index (Phi) is 5.98. The molecule has 4 aromatic rings. The second-order valence-electron chi connectivity index (χ2n) is 9.50. The topological polar surface area (TPSA) is 32.7 Å². The van der Waals surface area contributed by atoms with Gasteiger partial charge in [0.25, 0.3) is 0 Å². The molecule has 2 aliphatic heterocycles. The maximum Gasteiger partial charge on any atom is 0.187 e. The third kappa shape index (κ3) is 3.83. The fraction of sp³-hybridized carbons (Fsp3) is 0.161. The van der Waals surface area contributed by atoms with Crippen LogP contribution in [0.2, 0.25) is 5.02 Å². The fourth-order valence-electron chi connectivity index (χ4n) is 5.12. The number of carbonyl (C=O) groups excluding carboxylic acids is 1. The average Bonchev–Trinajstić information content (AvgIpc) is 3.43. The van der Waals surface area contributed by atoms with Gasteiger partial charge in [0.2, 0.25) is 0 Å². The van der Waals surface area contributed by atoms with Crippen LogP contribution in [0.25, 0.3) is 0 Å². The van der Waals surface area contributed by atoms with Gasteiger partial charge in [-0.05, 0) is 48.7 Å². The summed E-state index contributed by atoms with van der Waals surface area (Å²) >= 11 is 9.79. The molecule has 0 radical (unpaired) electrons. The van der Waals surface area contributed by atoms with Gasteiger partial charge in [-0.2, -0.15) is 5.10 Å². The zero-order valence-electron chi connectivity index (χ0n) is 20.7. The molecule has 4 aromatic carbocycles. The third-order valence-electron chi connectivity index (χ3n) is 6.91. The number of hydrogen-bond donors (Lipinski definition) is 0. The molecule has 0 aromatic heterocycles. The minimum Gasteiger partial charge on any atom is -0.292 e. The Labute approximate surface area is 230 Å². The van der Waals surface area contributed by atoms with Crippen molar-refractivity contribution in [2.45, 2.75) is 29.7 Å². The molecule has 3 nitrogen and oxygen atoms in total. The third-order valence-corrected chi connectivity index (χ3v) is 10.5. The Morgan fingerprint density at radius 1 is 0.811 bits per heavy atom. The highest BCUT2D eigenvalue weighted by molar-refractivity contribution is 8.27. The lowest BCUT2D eigenvalue weighted by Gasteiger charge is -2.37.